The highest BCUT2D eigenvalue weighted by atomic mass is 35.5. The number of aryl methyl sites for hydroxylation is 1. The highest BCUT2D eigenvalue weighted by molar-refractivity contribution is 7.12. The summed E-state index contributed by atoms with van der Waals surface area (Å²) in [5.74, 6) is -1.28. The van der Waals surface area contributed by atoms with E-state index in [0.717, 1.165) is 16.9 Å². The number of carboxylic acid groups (broad SMARTS) is 1. The molecule has 5 nitrogen and oxygen atoms in total. The summed E-state index contributed by atoms with van der Waals surface area (Å²) >= 11 is 7.01. The molecule has 0 aliphatic heterocycles. The van der Waals surface area contributed by atoms with Gasteiger partial charge >= 0.3 is 5.97 Å². The number of thiophene rings is 1. The molecule has 0 aliphatic carbocycles. The van der Waals surface area contributed by atoms with E-state index >= 15 is 0 Å². The minimum absolute atomic E-state index is 0.0705. The largest absolute Gasteiger partial charge is 0.482 e. The van der Waals surface area contributed by atoms with Gasteiger partial charge in [0, 0.05) is 10.7 Å². The maximum atomic E-state index is 11.8. The Labute approximate surface area is 130 Å². The minimum Gasteiger partial charge on any atom is -0.482 e. The highest BCUT2D eigenvalue weighted by Crippen LogP contribution is 2.24. The number of aromatic carboxylic acids is 1. The minimum atomic E-state index is -1.08. The number of carboxylic acids is 1. The molecule has 2 aromatic rings. The zero-order chi connectivity index (χ0) is 15.4. The van der Waals surface area contributed by atoms with Crippen LogP contribution in [0.4, 0.5) is 5.69 Å². The maximum Gasteiger partial charge on any atom is 0.349 e. The molecular formula is C14H12ClNO4S. The second kappa shape index (κ2) is 6.60. The first kappa shape index (κ1) is 15.3. The average Bonchev–Trinajstić information content (AvgIpc) is 2.89. The lowest BCUT2D eigenvalue weighted by Gasteiger charge is -2.08. The van der Waals surface area contributed by atoms with Crippen LogP contribution in [-0.2, 0) is 4.79 Å². The SMILES string of the molecule is Cc1ccc(NC(=O)COc2ccsc2C(=O)O)cc1Cl. The lowest BCUT2D eigenvalue weighted by atomic mass is 10.2. The van der Waals surface area contributed by atoms with E-state index in [9.17, 15) is 9.59 Å². The van der Waals surface area contributed by atoms with E-state index in [1.165, 1.54) is 6.07 Å². The molecule has 0 atom stereocenters. The molecule has 0 saturated carbocycles. The van der Waals surface area contributed by atoms with Crippen LogP contribution in [0.5, 0.6) is 5.75 Å². The molecule has 1 aromatic carbocycles. The van der Waals surface area contributed by atoms with Gasteiger partial charge in [0.2, 0.25) is 0 Å². The second-order valence-corrected chi connectivity index (χ2v) is 5.54. The van der Waals surface area contributed by atoms with E-state index in [-0.39, 0.29) is 17.2 Å². The number of amides is 1. The molecule has 0 unspecified atom stereocenters. The van der Waals surface area contributed by atoms with Crippen molar-refractivity contribution < 1.29 is 19.4 Å². The summed E-state index contributed by atoms with van der Waals surface area (Å²) in [6, 6.07) is 6.68. The molecule has 0 bridgehead atoms. The number of carbonyl (C=O) groups excluding carboxylic acids is 1. The number of anilines is 1. The van der Waals surface area contributed by atoms with Crippen molar-refractivity contribution >= 4 is 40.5 Å². The Balaban J connectivity index is 1.94. The predicted molar refractivity (Wildman–Crippen MR) is 81.6 cm³/mol. The molecule has 0 saturated heterocycles. The topological polar surface area (TPSA) is 75.6 Å². The van der Waals surface area contributed by atoms with Crippen LogP contribution in [0.3, 0.4) is 0 Å². The Kier molecular flexibility index (Phi) is 4.82. The van der Waals surface area contributed by atoms with E-state index in [1.54, 1.807) is 23.6 Å². The van der Waals surface area contributed by atoms with Gasteiger partial charge in [-0.05, 0) is 36.1 Å². The number of hydrogen-bond donors (Lipinski definition) is 2. The van der Waals surface area contributed by atoms with Crippen LogP contribution in [0.2, 0.25) is 5.02 Å². The molecule has 1 heterocycles. The molecule has 21 heavy (non-hydrogen) atoms. The summed E-state index contributed by atoms with van der Waals surface area (Å²) in [7, 11) is 0. The van der Waals surface area contributed by atoms with Crippen molar-refractivity contribution in [1.82, 2.24) is 0 Å². The Morgan fingerprint density at radius 2 is 2.14 bits per heavy atom. The van der Waals surface area contributed by atoms with Crippen molar-refractivity contribution in [3.05, 3.63) is 45.1 Å². The quantitative estimate of drug-likeness (QED) is 0.883. The number of halogens is 1. The average molecular weight is 326 g/mol. The molecule has 0 radical (unpaired) electrons. The third kappa shape index (κ3) is 3.96. The smallest absolute Gasteiger partial charge is 0.349 e. The third-order valence-electron chi connectivity index (χ3n) is 2.64. The van der Waals surface area contributed by atoms with Gasteiger partial charge in [0.15, 0.2) is 11.5 Å². The molecule has 0 spiro atoms. The fourth-order valence-corrected chi connectivity index (χ4v) is 2.43. The fourth-order valence-electron chi connectivity index (χ4n) is 1.58. The Hall–Kier alpha value is -2.05. The van der Waals surface area contributed by atoms with Crippen molar-refractivity contribution in [3.63, 3.8) is 0 Å². The Bertz CT molecular complexity index is 683. The first-order chi connectivity index (χ1) is 9.97. The van der Waals surface area contributed by atoms with Crippen molar-refractivity contribution in [2.24, 2.45) is 0 Å². The monoisotopic (exact) mass is 325 g/mol. The summed E-state index contributed by atoms with van der Waals surface area (Å²) in [4.78, 5) is 22.7. The first-order valence-corrected chi connectivity index (χ1v) is 7.22. The summed E-state index contributed by atoms with van der Waals surface area (Å²) in [6.07, 6.45) is 0. The van der Waals surface area contributed by atoms with E-state index in [1.807, 2.05) is 6.92 Å². The summed E-state index contributed by atoms with van der Waals surface area (Å²) in [5, 5.41) is 13.7. The summed E-state index contributed by atoms with van der Waals surface area (Å²) in [5.41, 5.74) is 1.47. The zero-order valence-corrected chi connectivity index (χ0v) is 12.6. The Morgan fingerprint density at radius 3 is 2.81 bits per heavy atom. The van der Waals surface area contributed by atoms with E-state index < -0.39 is 11.9 Å². The number of nitrogens with one attached hydrogen (secondary N) is 1. The molecular weight excluding hydrogens is 314 g/mol. The van der Waals surface area contributed by atoms with Crippen molar-refractivity contribution in [3.8, 4) is 5.75 Å². The third-order valence-corrected chi connectivity index (χ3v) is 3.93. The molecule has 110 valence electrons. The van der Waals surface area contributed by atoms with Crippen molar-refractivity contribution in [2.75, 3.05) is 11.9 Å². The van der Waals surface area contributed by atoms with Gasteiger partial charge in [0.25, 0.3) is 5.91 Å². The molecule has 1 amide bonds. The molecule has 0 fully saturated rings. The van der Waals surface area contributed by atoms with Crippen LogP contribution in [0.15, 0.2) is 29.6 Å². The van der Waals surface area contributed by atoms with Crippen LogP contribution < -0.4 is 10.1 Å². The predicted octanol–water partition coefficient (Wildman–Crippen LogP) is 3.43. The lowest BCUT2D eigenvalue weighted by molar-refractivity contribution is -0.118. The number of rotatable bonds is 5. The number of benzene rings is 1. The van der Waals surface area contributed by atoms with Gasteiger partial charge in [-0.3, -0.25) is 4.79 Å². The van der Waals surface area contributed by atoms with Gasteiger partial charge in [0.05, 0.1) is 0 Å². The van der Waals surface area contributed by atoms with Crippen LogP contribution in [0.25, 0.3) is 0 Å². The van der Waals surface area contributed by atoms with E-state index in [2.05, 4.69) is 5.32 Å². The summed E-state index contributed by atoms with van der Waals surface area (Å²) in [6.45, 7) is 1.59. The molecule has 2 N–H and O–H groups in total. The highest BCUT2D eigenvalue weighted by Gasteiger charge is 2.14. The molecule has 1 aromatic heterocycles. The zero-order valence-electron chi connectivity index (χ0n) is 11.1. The number of hydrogen-bond acceptors (Lipinski definition) is 4. The fraction of sp³-hybridized carbons (Fsp3) is 0.143. The van der Waals surface area contributed by atoms with Crippen LogP contribution >= 0.6 is 22.9 Å². The van der Waals surface area contributed by atoms with Crippen LogP contribution in [0.1, 0.15) is 15.2 Å². The van der Waals surface area contributed by atoms with E-state index in [0.29, 0.717) is 10.7 Å². The molecule has 0 aliphatic rings. The second-order valence-electron chi connectivity index (χ2n) is 4.22. The van der Waals surface area contributed by atoms with Crippen molar-refractivity contribution in [1.29, 1.82) is 0 Å². The molecule has 7 heteroatoms. The standard InChI is InChI=1S/C14H12ClNO4S/c1-8-2-3-9(6-10(8)15)16-12(17)7-20-11-4-5-21-13(11)14(18)19/h2-6H,7H2,1H3,(H,16,17)(H,18,19). The Morgan fingerprint density at radius 1 is 1.38 bits per heavy atom. The van der Waals surface area contributed by atoms with Crippen LogP contribution in [0, 0.1) is 6.92 Å². The van der Waals surface area contributed by atoms with Gasteiger partial charge in [-0.15, -0.1) is 11.3 Å². The first-order valence-electron chi connectivity index (χ1n) is 5.97. The number of ether oxygens (including phenoxy) is 1. The summed E-state index contributed by atoms with van der Waals surface area (Å²) < 4.78 is 5.21. The number of carbonyl (C=O) groups is 2. The van der Waals surface area contributed by atoms with Gasteiger partial charge in [0.1, 0.15) is 5.75 Å². The van der Waals surface area contributed by atoms with Gasteiger partial charge in [-0.1, -0.05) is 17.7 Å². The normalized spacial score (nSPS) is 10.2. The molecule has 2 rings (SSSR count). The van der Waals surface area contributed by atoms with Gasteiger partial charge < -0.3 is 15.2 Å². The van der Waals surface area contributed by atoms with Crippen molar-refractivity contribution in [2.45, 2.75) is 6.92 Å². The van der Waals surface area contributed by atoms with Crippen LogP contribution in [-0.4, -0.2) is 23.6 Å². The maximum absolute atomic E-state index is 11.8. The van der Waals surface area contributed by atoms with E-state index in [4.69, 9.17) is 21.4 Å². The lowest BCUT2D eigenvalue weighted by Crippen LogP contribution is -2.20. The van der Waals surface area contributed by atoms with Gasteiger partial charge in [-0.2, -0.15) is 0 Å². The van der Waals surface area contributed by atoms with Gasteiger partial charge in [-0.25, -0.2) is 4.79 Å².